The summed E-state index contributed by atoms with van der Waals surface area (Å²) in [7, 11) is 0. The Hall–Kier alpha value is -3.72. The molecule has 2 N–H and O–H groups in total. The highest BCUT2D eigenvalue weighted by atomic mass is 35.5. The molecule has 0 unspecified atom stereocenters. The van der Waals surface area contributed by atoms with E-state index in [1.54, 1.807) is 48.5 Å². The molecule has 0 saturated carbocycles. The zero-order chi connectivity index (χ0) is 24.1. The van der Waals surface area contributed by atoms with Crippen molar-refractivity contribution in [1.82, 2.24) is 5.43 Å². The number of benzene rings is 3. The van der Waals surface area contributed by atoms with Crippen LogP contribution in [0.5, 0.6) is 5.75 Å². The Morgan fingerprint density at radius 3 is 2.32 bits per heavy atom. The fourth-order valence-electron chi connectivity index (χ4n) is 2.88. The minimum absolute atomic E-state index is 0.308. The van der Waals surface area contributed by atoms with Crippen molar-refractivity contribution >= 4 is 74.3 Å². The number of esters is 1. The van der Waals surface area contributed by atoms with E-state index in [2.05, 4.69) is 15.8 Å². The summed E-state index contributed by atoms with van der Waals surface area (Å²) in [4.78, 5) is 36.7. The summed E-state index contributed by atoms with van der Waals surface area (Å²) in [6.07, 6.45) is 1.34. The molecule has 170 valence electrons. The largest absolute Gasteiger partial charge is 0.422 e. The number of anilines is 1. The third kappa shape index (κ3) is 5.43. The monoisotopic (exact) mass is 511 g/mol. The summed E-state index contributed by atoms with van der Waals surface area (Å²) in [5.74, 6) is -2.10. The Bertz CT molecular complexity index is 1420. The number of carbonyl (C=O) groups excluding carboxylic acids is 3. The third-order valence-electron chi connectivity index (χ3n) is 4.52. The van der Waals surface area contributed by atoms with Crippen LogP contribution in [0.4, 0.5) is 5.69 Å². The van der Waals surface area contributed by atoms with Crippen molar-refractivity contribution in [3.63, 3.8) is 0 Å². The van der Waals surface area contributed by atoms with Crippen LogP contribution in [0.2, 0.25) is 10.0 Å². The molecule has 34 heavy (non-hydrogen) atoms. The van der Waals surface area contributed by atoms with Gasteiger partial charge in [-0.2, -0.15) is 5.10 Å². The van der Waals surface area contributed by atoms with Gasteiger partial charge in [0.05, 0.1) is 21.9 Å². The molecule has 2 amide bonds. The molecule has 0 aliphatic heterocycles. The maximum atomic E-state index is 12.5. The average Bonchev–Trinajstić information content (AvgIpc) is 3.18. The lowest BCUT2D eigenvalue weighted by Crippen LogP contribution is -2.32. The Morgan fingerprint density at radius 2 is 1.59 bits per heavy atom. The van der Waals surface area contributed by atoms with Crippen LogP contribution < -0.4 is 15.5 Å². The van der Waals surface area contributed by atoms with Crippen molar-refractivity contribution < 1.29 is 19.1 Å². The van der Waals surface area contributed by atoms with E-state index in [0.717, 1.165) is 10.1 Å². The second kappa shape index (κ2) is 10.5. The van der Waals surface area contributed by atoms with Crippen molar-refractivity contribution in [1.29, 1.82) is 0 Å². The number of hydrazone groups is 1. The van der Waals surface area contributed by atoms with E-state index < -0.39 is 17.8 Å². The van der Waals surface area contributed by atoms with Crippen molar-refractivity contribution in [2.24, 2.45) is 5.10 Å². The maximum absolute atomic E-state index is 12.5. The minimum Gasteiger partial charge on any atom is -0.422 e. The van der Waals surface area contributed by atoms with Crippen LogP contribution in [0, 0.1) is 0 Å². The zero-order valence-corrected chi connectivity index (χ0v) is 19.6. The van der Waals surface area contributed by atoms with E-state index in [0.29, 0.717) is 31.9 Å². The second-order valence-corrected chi connectivity index (χ2v) is 8.67. The van der Waals surface area contributed by atoms with Crippen LogP contribution >= 0.6 is 34.5 Å². The van der Waals surface area contributed by atoms with Crippen LogP contribution in [-0.4, -0.2) is 24.0 Å². The molecular weight excluding hydrogens is 497 g/mol. The van der Waals surface area contributed by atoms with Crippen molar-refractivity contribution in [3.8, 4) is 5.75 Å². The Labute approximate surface area is 207 Å². The first kappa shape index (κ1) is 23.4. The predicted molar refractivity (Wildman–Crippen MR) is 134 cm³/mol. The number of thiophene rings is 1. The number of hydrogen-bond acceptors (Lipinski definition) is 6. The third-order valence-corrected chi connectivity index (χ3v) is 6.50. The van der Waals surface area contributed by atoms with Crippen molar-refractivity contribution in [2.75, 3.05) is 5.32 Å². The highest BCUT2D eigenvalue weighted by molar-refractivity contribution is 7.21. The minimum atomic E-state index is -0.957. The Balaban J connectivity index is 1.33. The fourth-order valence-corrected chi connectivity index (χ4v) is 4.45. The number of nitrogens with one attached hydrogen (secondary N) is 2. The van der Waals surface area contributed by atoms with Gasteiger partial charge in [0, 0.05) is 10.1 Å². The van der Waals surface area contributed by atoms with E-state index in [1.807, 2.05) is 24.3 Å². The topological polar surface area (TPSA) is 96.9 Å². The van der Waals surface area contributed by atoms with Gasteiger partial charge in [-0.3, -0.25) is 9.59 Å². The summed E-state index contributed by atoms with van der Waals surface area (Å²) in [6, 6.07) is 20.4. The highest BCUT2D eigenvalue weighted by Gasteiger charge is 2.19. The molecule has 7 nitrogen and oxygen atoms in total. The molecule has 0 spiro atoms. The number of amides is 2. The smallest absolute Gasteiger partial charge is 0.355 e. The van der Waals surface area contributed by atoms with E-state index >= 15 is 0 Å². The van der Waals surface area contributed by atoms with Gasteiger partial charge in [0.1, 0.15) is 10.6 Å². The first-order valence-electron chi connectivity index (χ1n) is 9.80. The molecule has 0 aliphatic carbocycles. The van der Waals surface area contributed by atoms with E-state index in [4.69, 9.17) is 27.9 Å². The second-order valence-electron chi connectivity index (χ2n) is 6.83. The van der Waals surface area contributed by atoms with Crippen LogP contribution in [0.15, 0.2) is 77.9 Å². The molecule has 3 aromatic carbocycles. The number of para-hydroxylation sites is 1. The molecule has 0 fully saturated rings. The van der Waals surface area contributed by atoms with Gasteiger partial charge >= 0.3 is 17.8 Å². The number of fused-ring (bicyclic) bond motifs is 1. The molecule has 0 aliphatic rings. The van der Waals surface area contributed by atoms with Gasteiger partial charge in [0.25, 0.3) is 0 Å². The van der Waals surface area contributed by atoms with Gasteiger partial charge in [0.15, 0.2) is 0 Å². The summed E-state index contributed by atoms with van der Waals surface area (Å²) in [5, 5.41) is 7.63. The number of halogens is 2. The molecule has 0 atom stereocenters. The molecule has 0 saturated heterocycles. The molecule has 0 bridgehead atoms. The Kier molecular flexibility index (Phi) is 7.22. The first-order chi connectivity index (χ1) is 16.4. The molecular formula is C24H15Cl2N3O4S. The number of rotatable bonds is 5. The average molecular weight is 512 g/mol. The van der Waals surface area contributed by atoms with Crippen molar-refractivity contribution in [3.05, 3.63) is 93.3 Å². The first-order valence-corrected chi connectivity index (χ1v) is 11.4. The zero-order valence-electron chi connectivity index (χ0n) is 17.2. The van der Waals surface area contributed by atoms with E-state index in [-0.39, 0.29) is 0 Å². The maximum Gasteiger partial charge on any atom is 0.355 e. The van der Waals surface area contributed by atoms with E-state index in [1.165, 1.54) is 17.6 Å². The lowest BCUT2D eigenvalue weighted by molar-refractivity contribution is -0.136. The van der Waals surface area contributed by atoms with Gasteiger partial charge < -0.3 is 10.1 Å². The molecule has 4 aromatic rings. The lowest BCUT2D eigenvalue weighted by Gasteiger charge is -2.05. The quantitative estimate of drug-likeness (QED) is 0.121. The summed E-state index contributed by atoms with van der Waals surface area (Å²) >= 11 is 13.5. The predicted octanol–water partition coefficient (Wildman–Crippen LogP) is 5.52. The number of ether oxygens (including phenoxy) is 1. The SMILES string of the molecule is O=C(NN=Cc1ccc(OC(=O)c2sc3ccccc3c2Cl)cc1)C(=O)Nc1ccccc1Cl. The number of nitrogens with zero attached hydrogens (tertiary/aromatic N) is 1. The van der Waals surface area contributed by atoms with Crippen LogP contribution in [0.1, 0.15) is 15.2 Å². The molecule has 10 heteroatoms. The fraction of sp³-hybridized carbons (Fsp3) is 0. The Morgan fingerprint density at radius 1 is 0.882 bits per heavy atom. The molecule has 1 aromatic heterocycles. The highest BCUT2D eigenvalue weighted by Crippen LogP contribution is 2.35. The van der Waals surface area contributed by atoms with Gasteiger partial charge in [-0.1, -0.05) is 53.5 Å². The lowest BCUT2D eigenvalue weighted by atomic mass is 10.2. The summed E-state index contributed by atoms with van der Waals surface area (Å²) < 4.78 is 6.31. The van der Waals surface area contributed by atoms with Gasteiger partial charge in [0.2, 0.25) is 0 Å². The molecule has 4 rings (SSSR count). The molecule has 0 radical (unpaired) electrons. The van der Waals surface area contributed by atoms with E-state index in [9.17, 15) is 14.4 Å². The number of hydrogen-bond donors (Lipinski definition) is 2. The number of carbonyl (C=O) groups is 3. The normalized spacial score (nSPS) is 10.9. The summed E-state index contributed by atoms with van der Waals surface area (Å²) in [5.41, 5.74) is 3.05. The van der Waals surface area contributed by atoms with Gasteiger partial charge in [-0.05, 0) is 48.0 Å². The molecule has 1 heterocycles. The summed E-state index contributed by atoms with van der Waals surface area (Å²) in [6.45, 7) is 0. The van der Waals surface area contributed by atoms with Gasteiger partial charge in [-0.25, -0.2) is 10.2 Å². The van der Waals surface area contributed by atoms with Crippen LogP contribution in [-0.2, 0) is 9.59 Å². The van der Waals surface area contributed by atoms with Gasteiger partial charge in [-0.15, -0.1) is 11.3 Å². The van der Waals surface area contributed by atoms with Crippen LogP contribution in [0.25, 0.3) is 10.1 Å². The van der Waals surface area contributed by atoms with Crippen LogP contribution in [0.3, 0.4) is 0 Å². The van der Waals surface area contributed by atoms with Crippen molar-refractivity contribution in [2.45, 2.75) is 0 Å². The standard InChI is InChI=1S/C24H15Cl2N3O4S/c25-17-6-2-3-7-18(17)28-22(30)23(31)29-27-13-14-9-11-15(12-10-14)33-24(32)21-20(26)16-5-1-4-8-19(16)34-21/h1-13H,(H,28,30)(H,29,31).